The van der Waals surface area contributed by atoms with Crippen LogP contribution in [0.4, 0.5) is 0 Å². The number of hydrogen-bond donors (Lipinski definition) is 0. The molecule has 0 aliphatic carbocycles. The third kappa shape index (κ3) is 2.37. The van der Waals surface area contributed by atoms with Crippen LogP contribution in [0.3, 0.4) is 0 Å². The van der Waals surface area contributed by atoms with Crippen molar-refractivity contribution in [2.75, 3.05) is 5.75 Å². The van der Waals surface area contributed by atoms with Gasteiger partial charge in [0.05, 0.1) is 0 Å². The lowest BCUT2D eigenvalue weighted by Gasteiger charge is -2.33. The van der Waals surface area contributed by atoms with Crippen LogP contribution in [0, 0.1) is 0 Å². The van der Waals surface area contributed by atoms with Crippen molar-refractivity contribution < 1.29 is 0 Å². The van der Waals surface area contributed by atoms with Gasteiger partial charge < -0.3 is 0 Å². The van der Waals surface area contributed by atoms with Crippen LogP contribution in [0.2, 0.25) is 0 Å². The number of fused-ring (bicyclic) bond motifs is 1. The molecule has 0 nitrogen and oxygen atoms in total. The molecule has 0 amide bonds. The van der Waals surface area contributed by atoms with Gasteiger partial charge in [-0.1, -0.05) is 49.2 Å². The largest absolute Gasteiger partial charge is 0.140 e. The molecule has 0 bridgehead atoms. The van der Waals surface area contributed by atoms with Gasteiger partial charge in [0.25, 0.3) is 0 Å². The first-order valence-corrected chi connectivity index (χ1v) is 7.20. The zero-order chi connectivity index (χ0) is 12.0. The predicted molar refractivity (Wildman–Crippen MR) is 73.9 cm³/mol. The molecule has 0 atom stereocenters. The molecule has 0 radical (unpaired) electrons. The molecule has 0 saturated carbocycles. The van der Waals surface area contributed by atoms with Gasteiger partial charge in [0, 0.05) is 4.90 Å². The second-order valence-electron chi connectivity index (χ2n) is 5.08. The highest BCUT2D eigenvalue weighted by atomic mass is 35.5. The second-order valence-corrected chi connectivity index (χ2v) is 7.92. The lowest BCUT2D eigenvalue weighted by Crippen LogP contribution is -2.23. The van der Waals surface area contributed by atoms with E-state index in [-0.39, 0.29) is 5.41 Å². The van der Waals surface area contributed by atoms with Crippen molar-refractivity contribution in [3.63, 3.8) is 0 Å². The van der Waals surface area contributed by atoms with Gasteiger partial charge in [-0.3, -0.25) is 0 Å². The van der Waals surface area contributed by atoms with Crippen molar-refractivity contribution in [3.8, 4) is 0 Å². The van der Waals surface area contributed by atoms with Gasteiger partial charge >= 0.3 is 0 Å². The smallest absolute Gasteiger partial charge is 0.126 e. The molecule has 0 saturated heterocycles. The SMILES string of the molecule is CC(Cl)(Cl)c1ccc2c(c1)C(C)(C)CCS2. The first-order chi connectivity index (χ1) is 7.31. The molecule has 1 heterocycles. The third-order valence-electron chi connectivity index (χ3n) is 3.20. The van der Waals surface area contributed by atoms with E-state index >= 15 is 0 Å². The molecule has 0 spiro atoms. The molecule has 0 N–H and O–H groups in total. The van der Waals surface area contributed by atoms with Gasteiger partial charge in [-0.2, -0.15) is 0 Å². The van der Waals surface area contributed by atoms with Crippen LogP contribution < -0.4 is 0 Å². The van der Waals surface area contributed by atoms with Crippen molar-refractivity contribution in [1.82, 2.24) is 0 Å². The van der Waals surface area contributed by atoms with E-state index in [1.54, 1.807) is 0 Å². The molecular formula is C13H16Cl2S. The molecule has 0 aromatic heterocycles. The fraction of sp³-hybridized carbons (Fsp3) is 0.538. The normalized spacial score (nSPS) is 19.3. The summed E-state index contributed by atoms with van der Waals surface area (Å²) in [6, 6.07) is 6.36. The number of hydrogen-bond acceptors (Lipinski definition) is 1. The molecule has 1 aliphatic heterocycles. The average molecular weight is 275 g/mol. The van der Waals surface area contributed by atoms with Crippen molar-refractivity contribution in [2.45, 2.75) is 41.8 Å². The van der Waals surface area contributed by atoms with E-state index in [1.807, 2.05) is 24.8 Å². The number of benzene rings is 1. The second kappa shape index (κ2) is 4.12. The Morgan fingerprint density at radius 2 is 2.00 bits per heavy atom. The average Bonchev–Trinajstić information content (AvgIpc) is 2.15. The van der Waals surface area contributed by atoms with E-state index in [4.69, 9.17) is 23.2 Å². The van der Waals surface area contributed by atoms with Gasteiger partial charge in [0.15, 0.2) is 0 Å². The molecule has 88 valence electrons. The minimum Gasteiger partial charge on any atom is -0.126 e. The Morgan fingerprint density at radius 1 is 1.31 bits per heavy atom. The Kier molecular flexibility index (Phi) is 3.24. The number of alkyl halides is 2. The fourth-order valence-corrected chi connectivity index (χ4v) is 3.73. The molecule has 16 heavy (non-hydrogen) atoms. The standard InChI is InChI=1S/C13H16Cl2S/c1-12(2)6-7-16-11-5-4-9(8-10(11)12)13(3,14)15/h4-5,8H,6-7H2,1-3H3. The lowest BCUT2D eigenvalue weighted by molar-refractivity contribution is 0.493. The summed E-state index contributed by atoms with van der Waals surface area (Å²) in [5.41, 5.74) is 2.61. The van der Waals surface area contributed by atoms with Crippen molar-refractivity contribution in [3.05, 3.63) is 29.3 Å². The zero-order valence-corrected chi connectivity index (χ0v) is 12.1. The van der Waals surface area contributed by atoms with Gasteiger partial charge in [-0.05, 0) is 41.7 Å². The minimum atomic E-state index is -0.798. The first-order valence-electron chi connectivity index (χ1n) is 5.46. The highest BCUT2D eigenvalue weighted by molar-refractivity contribution is 7.99. The van der Waals surface area contributed by atoms with Gasteiger partial charge in [-0.15, -0.1) is 11.8 Å². The predicted octanol–water partition coefficient (Wildman–Crippen LogP) is 5.11. The Labute approximate surface area is 112 Å². The van der Waals surface area contributed by atoms with Crippen LogP contribution in [0.15, 0.2) is 23.1 Å². The van der Waals surface area contributed by atoms with E-state index < -0.39 is 4.33 Å². The number of thioether (sulfide) groups is 1. The summed E-state index contributed by atoms with van der Waals surface area (Å²) in [6.45, 7) is 6.39. The molecular weight excluding hydrogens is 259 g/mol. The van der Waals surface area contributed by atoms with Crippen LogP contribution >= 0.6 is 35.0 Å². The highest BCUT2D eigenvalue weighted by Crippen LogP contribution is 2.44. The monoisotopic (exact) mass is 274 g/mol. The first kappa shape index (κ1) is 12.6. The van der Waals surface area contributed by atoms with Crippen LogP contribution in [0.1, 0.15) is 38.3 Å². The molecule has 0 unspecified atom stereocenters. The van der Waals surface area contributed by atoms with Crippen LogP contribution in [-0.4, -0.2) is 5.75 Å². The van der Waals surface area contributed by atoms with E-state index in [0.717, 1.165) is 5.56 Å². The molecule has 0 fully saturated rings. The minimum absolute atomic E-state index is 0.232. The maximum atomic E-state index is 6.15. The Hall–Kier alpha value is 0.150. The molecule has 1 aliphatic rings. The number of halogens is 2. The summed E-state index contributed by atoms with van der Waals surface area (Å²) in [5, 5.41) is 0. The highest BCUT2D eigenvalue weighted by Gasteiger charge is 2.30. The summed E-state index contributed by atoms with van der Waals surface area (Å²) in [7, 11) is 0. The van der Waals surface area contributed by atoms with Crippen LogP contribution in [0.25, 0.3) is 0 Å². The van der Waals surface area contributed by atoms with Gasteiger partial charge in [0.2, 0.25) is 0 Å². The molecule has 2 rings (SSSR count). The topological polar surface area (TPSA) is 0 Å². The maximum Gasteiger partial charge on any atom is 0.140 e. The molecule has 1 aromatic rings. The summed E-state index contributed by atoms with van der Waals surface area (Å²) in [6.07, 6.45) is 1.20. The summed E-state index contributed by atoms with van der Waals surface area (Å²) < 4.78 is -0.798. The van der Waals surface area contributed by atoms with Crippen LogP contribution in [-0.2, 0) is 9.75 Å². The summed E-state index contributed by atoms with van der Waals surface area (Å²) in [4.78, 5) is 1.37. The zero-order valence-electron chi connectivity index (χ0n) is 9.81. The van der Waals surface area contributed by atoms with E-state index in [0.29, 0.717) is 0 Å². The van der Waals surface area contributed by atoms with E-state index in [1.165, 1.54) is 22.6 Å². The molecule has 1 aromatic carbocycles. The lowest BCUT2D eigenvalue weighted by atomic mass is 9.81. The van der Waals surface area contributed by atoms with Crippen molar-refractivity contribution in [2.24, 2.45) is 0 Å². The Morgan fingerprint density at radius 3 is 2.62 bits per heavy atom. The quantitative estimate of drug-likeness (QED) is 0.642. The maximum absolute atomic E-state index is 6.15. The summed E-state index contributed by atoms with van der Waals surface area (Å²) >= 11 is 14.2. The van der Waals surface area contributed by atoms with E-state index in [2.05, 4.69) is 26.0 Å². The fourth-order valence-electron chi connectivity index (χ4n) is 2.01. The van der Waals surface area contributed by atoms with Gasteiger partial charge in [-0.25, -0.2) is 0 Å². The number of rotatable bonds is 1. The summed E-state index contributed by atoms with van der Waals surface area (Å²) in [5.74, 6) is 1.19. The van der Waals surface area contributed by atoms with E-state index in [9.17, 15) is 0 Å². The van der Waals surface area contributed by atoms with Gasteiger partial charge in [0.1, 0.15) is 4.33 Å². The third-order valence-corrected chi connectivity index (χ3v) is 4.71. The Bertz CT molecular complexity index is 405. The van der Waals surface area contributed by atoms with Crippen LogP contribution in [0.5, 0.6) is 0 Å². The Balaban J connectivity index is 2.52. The molecule has 3 heteroatoms. The van der Waals surface area contributed by atoms with Crippen molar-refractivity contribution >= 4 is 35.0 Å². The van der Waals surface area contributed by atoms with Crippen molar-refractivity contribution in [1.29, 1.82) is 0 Å².